The minimum Gasteiger partial charge on any atom is -0.393 e. The number of hydrogen-bond donors (Lipinski definition) is 1. The van der Waals surface area contributed by atoms with Gasteiger partial charge in [0.15, 0.2) is 0 Å². The van der Waals surface area contributed by atoms with Crippen molar-refractivity contribution in [2.24, 2.45) is 11.3 Å². The largest absolute Gasteiger partial charge is 0.393 e. The Labute approximate surface area is 108 Å². The van der Waals surface area contributed by atoms with E-state index in [1.54, 1.807) is 0 Å². The molecule has 0 aromatic rings. The molecular weight excluding hydrogens is 230 g/mol. The molecule has 1 heterocycles. The molecular formula is C14H23NO3. The van der Waals surface area contributed by atoms with Crippen molar-refractivity contribution in [2.45, 2.75) is 58.5 Å². The Bertz CT molecular complexity index is 349. The molecule has 0 aromatic carbocycles. The number of likely N-dealkylation sites (tertiary alicyclic amines) is 1. The van der Waals surface area contributed by atoms with Crippen molar-refractivity contribution in [2.75, 3.05) is 6.54 Å². The number of hydrogen-bond acceptors (Lipinski definition) is 3. The van der Waals surface area contributed by atoms with Crippen molar-refractivity contribution in [1.82, 2.24) is 4.90 Å². The zero-order chi connectivity index (χ0) is 13.3. The first-order valence-electron chi connectivity index (χ1n) is 7.07. The van der Waals surface area contributed by atoms with Crippen molar-refractivity contribution < 1.29 is 14.7 Å². The molecule has 2 amide bonds. The fourth-order valence-electron chi connectivity index (χ4n) is 3.31. The van der Waals surface area contributed by atoms with Crippen LogP contribution in [-0.2, 0) is 9.59 Å². The van der Waals surface area contributed by atoms with E-state index in [9.17, 15) is 14.7 Å². The normalized spacial score (nSPS) is 31.4. The Morgan fingerprint density at radius 3 is 2.39 bits per heavy atom. The molecule has 0 bridgehead atoms. The predicted molar refractivity (Wildman–Crippen MR) is 67.7 cm³/mol. The summed E-state index contributed by atoms with van der Waals surface area (Å²) in [6, 6.07) is 0. The van der Waals surface area contributed by atoms with Gasteiger partial charge in [-0.25, -0.2) is 0 Å². The SMILES string of the molecule is CCC1(CC)CC(=O)N(CC2CCCC2O)C1=O. The predicted octanol–water partition coefficient (Wildman–Crippen LogP) is 1.71. The van der Waals surface area contributed by atoms with Crippen LogP contribution in [0, 0.1) is 11.3 Å². The van der Waals surface area contributed by atoms with Crippen LogP contribution in [0.3, 0.4) is 0 Å². The van der Waals surface area contributed by atoms with Crippen molar-refractivity contribution in [3.8, 4) is 0 Å². The number of amides is 2. The molecule has 4 nitrogen and oxygen atoms in total. The van der Waals surface area contributed by atoms with Gasteiger partial charge in [-0.1, -0.05) is 20.3 Å². The van der Waals surface area contributed by atoms with Gasteiger partial charge < -0.3 is 5.11 Å². The van der Waals surface area contributed by atoms with E-state index in [0.29, 0.717) is 13.0 Å². The van der Waals surface area contributed by atoms with Crippen molar-refractivity contribution >= 4 is 11.8 Å². The van der Waals surface area contributed by atoms with Gasteiger partial charge in [0, 0.05) is 18.9 Å². The molecule has 1 saturated heterocycles. The maximum Gasteiger partial charge on any atom is 0.235 e. The van der Waals surface area contributed by atoms with Gasteiger partial charge in [-0.15, -0.1) is 0 Å². The lowest BCUT2D eigenvalue weighted by Gasteiger charge is -2.25. The van der Waals surface area contributed by atoms with Crippen LogP contribution < -0.4 is 0 Å². The van der Waals surface area contributed by atoms with E-state index in [1.807, 2.05) is 13.8 Å². The summed E-state index contributed by atoms with van der Waals surface area (Å²) in [7, 11) is 0. The van der Waals surface area contributed by atoms with Crippen LogP contribution in [0.4, 0.5) is 0 Å². The fraction of sp³-hybridized carbons (Fsp3) is 0.857. The summed E-state index contributed by atoms with van der Waals surface area (Å²) in [5.41, 5.74) is -0.472. The average molecular weight is 253 g/mol. The highest BCUT2D eigenvalue weighted by atomic mass is 16.3. The van der Waals surface area contributed by atoms with Crippen molar-refractivity contribution in [3.05, 3.63) is 0 Å². The van der Waals surface area contributed by atoms with Gasteiger partial charge in [0.1, 0.15) is 0 Å². The maximum absolute atomic E-state index is 12.4. The van der Waals surface area contributed by atoms with E-state index in [1.165, 1.54) is 4.90 Å². The zero-order valence-electron chi connectivity index (χ0n) is 11.3. The van der Waals surface area contributed by atoms with Gasteiger partial charge in [0.2, 0.25) is 11.8 Å². The third-order valence-electron chi connectivity index (χ3n) is 4.88. The Morgan fingerprint density at radius 1 is 1.28 bits per heavy atom. The molecule has 2 fully saturated rings. The zero-order valence-corrected chi connectivity index (χ0v) is 11.3. The number of rotatable bonds is 4. The molecule has 1 aliphatic carbocycles. The van der Waals surface area contributed by atoms with Crippen LogP contribution in [-0.4, -0.2) is 34.5 Å². The molecule has 1 N–H and O–H groups in total. The minimum absolute atomic E-state index is 0.0170. The number of imide groups is 1. The van der Waals surface area contributed by atoms with Crippen LogP contribution in [0.1, 0.15) is 52.4 Å². The Kier molecular flexibility index (Phi) is 3.76. The highest BCUT2D eigenvalue weighted by molar-refractivity contribution is 6.05. The standard InChI is InChI=1S/C14H23NO3/c1-3-14(4-2)8-12(17)15(13(14)18)9-10-6-5-7-11(10)16/h10-11,16H,3-9H2,1-2H3. The molecule has 0 radical (unpaired) electrons. The van der Waals surface area contributed by atoms with Crippen LogP contribution >= 0.6 is 0 Å². The van der Waals surface area contributed by atoms with Gasteiger partial charge in [-0.2, -0.15) is 0 Å². The Hall–Kier alpha value is -0.900. The molecule has 2 unspecified atom stereocenters. The summed E-state index contributed by atoms with van der Waals surface area (Å²) >= 11 is 0. The third-order valence-corrected chi connectivity index (χ3v) is 4.88. The molecule has 0 spiro atoms. The summed E-state index contributed by atoms with van der Waals surface area (Å²) in [6.07, 6.45) is 4.16. The average Bonchev–Trinajstić information content (AvgIpc) is 2.86. The van der Waals surface area contributed by atoms with Crippen LogP contribution in [0.25, 0.3) is 0 Å². The lowest BCUT2D eigenvalue weighted by molar-refractivity contribution is -0.142. The van der Waals surface area contributed by atoms with Gasteiger partial charge >= 0.3 is 0 Å². The van der Waals surface area contributed by atoms with Crippen LogP contribution in [0.2, 0.25) is 0 Å². The fourth-order valence-corrected chi connectivity index (χ4v) is 3.31. The third kappa shape index (κ3) is 2.07. The van der Waals surface area contributed by atoms with Gasteiger partial charge in [0.25, 0.3) is 0 Å². The first kappa shape index (κ1) is 13.5. The monoisotopic (exact) mass is 253 g/mol. The lowest BCUT2D eigenvalue weighted by Crippen LogP contribution is -2.39. The number of carbonyl (C=O) groups excluding carboxylic acids is 2. The van der Waals surface area contributed by atoms with Crippen molar-refractivity contribution in [3.63, 3.8) is 0 Å². The highest BCUT2D eigenvalue weighted by Crippen LogP contribution is 2.40. The minimum atomic E-state index is -0.472. The van der Waals surface area contributed by atoms with Gasteiger partial charge in [0.05, 0.1) is 11.5 Å². The van der Waals surface area contributed by atoms with E-state index in [-0.39, 0.29) is 23.8 Å². The summed E-state index contributed by atoms with van der Waals surface area (Å²) in [4.78, 5) is 25.9. The molecule has 2 rings (SSSR count). The van der Waals surface area contributed by atoms with Gasteiger partial charge in [-0.05, 0) is 25.7 Å². The first-order valence-corrected chi connectivity index (χ1v) is 7.07. The topological polar surface area (TPSA) is 57.6 Å². The molecule has 2 atom stereocenters. The smallest absolute Gasteiger partial charge is 0.235 e. The number of nitrogens with zero attached hydrogens (tertiary/aromatic N) is 1. The summed E-state index contributed by atoms with van der Waals surface area (Å²) in [5, 5.41) is 9.82. The molecule has 1 aliphatic heterocycles. The molecule has 18 heavy (non-hydrogen) atoms. The summed E-state index contributed by atoms with van der Waals surface area (Å²) in [6.45, 7) is 4.37. The van der Waals surface area contributed by atoms with Gasteiger partial charge in [-0.3, -0.25) is 14.5 Å². The van der Waals surface area contributed by atoms with E-state index < -0.39 is 5.41 Å². The first-order chi connectivity index (χ1) is 8.54. The molecule has 0 aromatic heterocycles. The second-order valence-corrected chi connectivity index (χ2v) is 5.73. The molecule has 1 saturated carbocycles. The maximum atomic E-state index is 12.4. The quantitative estimate of drug-likeness (QED) is 0.776. The van der Waals surface area contributed by atoms with E-state index in [2.05, 4.69) is 0 Å². The molecule has 102 valence electrons. The lowest BCUT2D eigenvalue weighted by atomic mass is 9.81. The number of aliphatic hydroxyl groups is 1. The Balaban J connectivity index is 2.09. The summed E-state index contributed by atoms with van der Waals surface area (Å²) < 4.78 is 0. The van der Waals surface area contributed by atoms with E-state index >= 15 is 0 Å². The Morgan fingerprint density at radius 2 is 1.94 bits per heavy atom. The number of aliphatic hydroxyl groups excluding tert-OH is 1. The summed E-state index contributed by atoms with van der Waals surface area (Å²) in [5.74, 6) is 0.0156. The van der Waals surface area contributed by atoms with E-state index in [0.717, 1.165) is 32.1 Å². The van der Waals surface area contributed by atoms with Crippen LogP contribution in [0.5, 0.6) is 0 Å². The highest BCUT2D eigenvalue weighted by Gasteiger charge is 2.49. The number of carbonyl (C=O) groups is 2. The second kappa shape index (κ2) is 5.00. The van der Waals surface area contributed by atoms with Crippen LogP contribution in [0.15, 0.2) is 0 Å². The van der Waals surface area contributed by atoms with E-state index in [4.69, 9.17) is 0 Å². The molecule has 2 aliphatic rings. The second-order valence-electron chi connectivity index (χ2n) is 5.73. The molecule has 4 heteroatoms. The van der Waals surface area contributed by atoms with Crippen molar-refractivity contribution in [1.29, 1.82) is 0 Å².